The van der Waals surface area contributed by atoms with Crippen LogP contribution in [0.5, 0.6) is 0 Å². The van der Waals surface area contributed by atoms with E-state index in [0.717, 1.165) is 11.3 Å². The van der Waals surface area contributed by atoms with Crippen molar-refractivity contribution in [1.29, 1.82) is 0 Å². The van der Waals surface area contributed by atoms with Crippen molar-refractivity contribution in [2.75, 3.05) is 5.32 Å². The molecule has 17 heavy (non-hydrogen) atoms. The third-order valence-electron chi connectivity index (χ3n) is 2.38. The van der Waals surface area contributed by atoms with Crippen LogP contribution in [0, 0.1) is 12.7 Å². The van der Waals surface area contributed by atoms with Crippen LogP contribution in [0.25, 0.3) is 0 Å². The van der Waals surface area contributed by atoms with E-state index < -0.39 is 0 Å². The molecule has 0 saturated carbocycles. The lowest BCUT2D eigenvalue weighted by atomic mass is 10.2. The van der Waals surface area contributed by atoms with Gasteiger partial charge in [-0.05, 0) is 36.8 Å². The molecule has 1 aromatic heterocycles. The second-order valence-electron chi connectivity index (χ2n) is 3.79. The highest BCUT2D eigenvalue weighted by molar-refractivity contribution is 6.33. The number of pyridine rings is 1. The maximum absolute atomic E-state index is 13.0. The minimum Gasteiger partial charge on any atom is -0.380 e. The number of halogens is 2. The van der Waals surface area contributed by atoms with Gasteiger partial charge in [-0.3, -0.25) is 4.98 Å². The van der Waals surface area contributed by atoms with Gasteiger partial charge in [0.25, 0.3) is 0 Å². The molecule has 2 rings (SSSR count). The van der Waals surface area contributed by atoms with E-state index >= 15 is 0 Å². The molecule has 0 bridgehead atoms. The average Bonchev–Trinajstić information content (AvgIpc) is 2.32. The lowest BCUT2D eigenvalue weighted by Gasteiger charge is -2.08. The summed E-state index contributed by atoms with van der Waals surface area (Å²) in [5, 5.41) is 3.58. The van der Waals surface area contributed by atoms with Crippen LogP contribution in [-0.4, -0.2) is 4.98 Å². The van der Waals surface area contributed by atoms with Gasteiger partial charge in [0, 0.05) is 18.4 Å². The molecule has 2 aromatic rings. The van der Waals surface area contributed by atoms with E-state index in [-0.39, 0.29) is 5.82 Å². The van der Waals surface area contributed by atoms with Crippen LogP contribution in [0.1, 0.15) is 11.3 Å². The molecule has 0 unspecified atom stereocenters. The lowest BCUT2D eigenvalue weighted by molar-refractivity contribution is 0.628. The molecule has 0 aliphatic rings. The molecule has 1 N–H and O–H groups in total. The molecule has 0 saturated heterocycles. The van der Waals surface area contributed by atoms with Crippen molar-refractivity contribution >= 4 is 17.3 Å². The average molecular weight is 251 g/mol. The first-order chi connectivity index (χ1) is 8.15. The summed E-state index contributed by atoms with van der Waals surface area (Å²) in [6.07, 6.45) is 1.79. The van der Waals surface area contributed by atoms with Gasteiger partial charge in [-0.1, -0.05) is 17.7 Å². The molecule has 0 atom stereocenters. The molecule has 0 fully saturated rings. The predicted molar refractivity (Wildman–Crippen MR) is 67.7 cm³/mol. The largest absolute Gasteiger partial charge is 0.380 e. The van der Waals surface area contributed by atoms with Gasteiger partial charge in [-0.15, -0.1) is 0 Å². The highest BCUT2D eigenvalue weighted by Crippen LogP contribution is 2.22. The molecule has 0 aliphatic carbocycles. The first kappa shape index (κ1) is 11.9. The summed E-state index contributed by atoms with van der Waals surface area (Å²) >= 11 is 5.94. The molecule has 0 spiro atoms. The highest BCUT2D eigenvalue weighted by Gasteiger charge is 2.01. The zero-order chi connectivity index (χ0) is 12.3. The Morgan fingerprint density at radius 3 is 2.82 bits per heavy atom. The fraction of sp³-hybridized carbons (Fsp3) is 0.154. The summed E-state index contributed by atoms with van der Waals surface area (Å²) in [7, 11) is 0. The minimum atomic E-state index is -0.307. The van der Waals surface area contributed by atoms with E-state index in [1.54, 1.807) is 6.20 Å². The van der Waals surface area contributed by atoms with Gasteiger partial charge in [0.15, 0.2) is 0 Å². The van der Waals surface area contributed by atoms with E-state index in [1.807, 2.05) is 19.1 Å². The molecule has 0 radical (unpaired) electrons. The molecule has 0 aliphatic heterocycles. The lowest BCUT2D eigenvalue weighted by Crippen LogP contribution is -2.01. The maximum atomic E-state index is 13.0. The van der Waals surface area contributed by atoms with Crippen molar-refractivity contribution in [3.05, 3.63) is 58.6 Å². The number of benzene rings is 1. The van der Waals surface area contributed by atoms with Crippen molar-refractivity contribution in [2.45, 2.75) is 13.5 Å². The number of aryl methyl sites for hydroxylation is 1. The monoisotopic (exact) mass is 250 g/mol. The van der Waals surface area contributed by atoms with Crippen molar-refractivity contribution in [3.63, 3.8) is 0 Å². The molecule has 4 heteroatoms. The number of nitrogens with one attached hydrogen (secondary N) is 1. The maximum Gasteiger partial charge on any atom is 0.125 e. The topological polar surface area (TPSA) is 24.9 Å². The quantitative estimate of drug-likeness (QED) is 0.896. The highest BCUT2D eigenvalue weighted by atomic mass is 35.5. The van der Waals surface area contributed by atoms with E-state index in [2.05, 4.69) is 10.3 Å². The Bertz CT molecular complexity index is 511. The predicted octanol–water partition coefficient (Wildman–Crippen LogP) is 3.79. The number of hydrogen-bond donors (Lipinski definition) is 1. The summed E-state index contributed by atoms with van der Waals surface area (Å²) in [6.45, 7) is 2.50. The van der Waals surface area contributed by atoms with Crippen LogP contribution in [0.4, 0.5) is 10.1 Å². The summed E-state index contributed by atoms with van der Waals surface area (Å²) in [5.74, 6) is -0.307. The second-order valence-corrected chi connectivity index (χ2v) is 4.19. The zero-order valence-corrected chi connectivity index (χ0v) is 10.1. The summed E-state index contributed by atoms with van der Waals surface area (Å²) in [6, 6.07) is 8.16. The second kappa shape index (κ2) is 5.15. The van der Waals surface area contributed by atoms with Crippen LogP contribution < -0.4 is 5.32 Å². The standard InChI is InChI=1S/C13H12ClFN2/c1-9-2-3-10(7-16-9)8-17-13-6-11(15)4-5-12(13)14/h2-7,17H,8H2,1H3. The van der Waals surface area contributed by atoms with Gasteiger partial charge in [0.2, 0.25) is 0 Å². The minimum absolute atomic E-state index is 0.307. The van der Waals surface area contributed by atoms with Gasteiger partial charge < -0.3 is 5.32 Å². The van der Waals surface area contributed by atoms with Crippen molar-refractivity contribution in [3.8, 4) is 0 Å². The Hall–Kier alpha value is -1.61. The Kier molecular flexibility index (Phi) is 3.59. The molecule has 1 heterocycles. The first-order valence-electron chi connectivity index (χ1n) is 5.25. The third-order valence-corrected chi connectivity index (χ3v) is 2.71. The number of hydrogen-bond acceptors (Lipinski definition) is 2. The van der Waals surface area contributed by atoms with Crippen LogP contribution in [0.2, 0.25) is 5.02 Å². The van der Waals surface area contributed by atoms with Crippen LogP contribution in [0.15, 0.2) is 36.5 Å². The normalized spacial score (nSPS) is 10.3. The Morgan fingerprint density at radius 1 is 1.29 bits per heavy atom. The Balaban J connectivity index is 2.07. The molecule has 0 amide bonds. The molecule has 88 valence electrons. The third kappa shape index (κ3) is 3.17. The van der Waals surface area contributed by atoms with Crippen LogP contribution in [0.3, 0.4) is 0 Å². The molecular weight excluding hydrogens is 239 g/mol. The zero-order valence-electron chi connectivity index (χ0n) is 9.37. The smallest absolute Gasteiger partial charge is 0.125 e. The number of nitrogens with zero attached hydrogens (tertiary/aromatic N) is 1. The van der Waals surface area contributed by atoms with E-state index in [0.29, 0.717) is 17.3 Å². The van der Waals surface area contributed by atoms with E-state index in [9.17, 15) is 4.39 Å². The van der Waals surface area contributed by atoms with Gasteiger partial charge in [0.05, 0.1) is 10.7 Å². The molecular formula is C13H12ClFN2. The fourth-order valence-electron chi connectivity index (χ4n) is 1.43. The van der Waals surface area contributed by atoms with Crippen molar-refractivity contribution in [2.24, 2.45) is 0 Å². The summed E-state index contributed by atoms with van der Waals surface area (Å²) < 4.78 is 13.0. The van der Waals surface area contributed by atoms with Gasteiger partial charge in [-0.2, -0.15) is 0 Å². The van der Waals surface area contributed by atoms with Crippen LogP contribution >= 0.6 is 11.6 Å². The SMILES string of the molecule is Cc1ccc(CNc2cc(F)ccc2Cl)cn1. The van der Waals surface area contributed by atoms with Crippen molar-refractivity contribution in [1.82, 2.24) is 4.98 Å². The number of anilines is 1. The Labute approximate surface area is 104 Å². The van der Waals surface area contributed by atoms with Crippen molar-refractivity contribution < 1.29 is 4.39 Å². The summed E-state index contributed by atoms with van der Waals surface area (Å²) in [4.78, 5) is 4.18. The summed E-state index contributed by atoms with van der Waals surface area (Å²) in [5.41, 5.74) is 2.58. The van der Waals surface area contributed by atoms with Gasteiger partial charge in [-0.25, -0.2) is 4.39 Å². The van der Waals surface area contributed by atoms with Crippen LogP contribution in [-0.2, 0) is 6.54 Å². The van der Waals surface area contributed by atoms with E-state index in [4.69, 9.17) is 11.6 Å². The molecule has 2 nitrogen and oxygen atoms in total. The Morgan fingerprint density at radius 2 is 2.12 bits per heavy atom. The van der Waals surface area contributed by atoms with Gasteiger partial charge in [0.1, 0.15) is 5.82 Å². The first-order valence-corrected chi connectivity index (χ1v) is 5.63. The molecule has 1 aromatic carbocycles. The van der Waals surface area contributed by atoms with E-state index in [1.165, 1.54) is 18.2 Å². The number of aromatic nitrogens is 1. The fourth-order valence-corrected chi connectivity index (χ4v) is 1.62. The van der Waals surface area contributed by atoms with Gasteiger partial charge >= 0.3 is 0 Å². The number of rotatable bonds is 3.